The Hall–Kier alpha value is -3.18. The van der Waals surface area contributed by atoms with Crippen LogP contribution in [0.5, 0.6) is 17.2 Å². The summed E-state index contributed by atoms with van der Waals surface area (Å²) in [6, 6.07) is 16.7. The van der Waals surface area contributed by atoms with E-state index in [4.69, 9.17) is 37.4 Å². The third-order valence-corrected chi connectivity index (χ3v) is 6.40. The molecule has 0 amide bonds. The van der Waals surface area contributed by atoms with E-state index in [1.165, 1.54) is 0 Å². The number of benzene rings is 3. The molecule has 35 heavy (non-hydrogen) atoms. The third-order valence-electron chi connectivity index (χ3n) is 5.07. The van der Waals surface area contributed by atoms with E-state index < -0.39 is 0 Å². The second kappa shape index (κ2) is 11.0. The van der Waals surface area contributed by atoms with Gasteiger partial charge in [0.1, 0.15) is 24.3 Å². The van der Waals surface area contributed by atoms with Gasteiger partial charge in [-0.05, 0) is 76.5 Å². The minimum atomic E-state index is 0.274. The maximum Gasteiger partial charge on any atom is 0.175 e. The molecule has 0 saturated heterocycles. The highest BCUT2D eigenvalue weighted by molar-refractivity contribution is 9.10. The monoisotopic (exact) mass is 571 g/mol. The Morgan fingerprint density at radius 1 is 1.11 bits per heavy atom. The minimum Gasteiger partial charge on any atom is -0.497 e. The number of H-pyrrole nitrogens is 1. The molecule has 0 saturated carbocycles. The van der Waals surface area contributed by atoms with Crippen LogP contribution in [0.1, 0.15) is 23.9 Å². The van der Waals surface area contributed by atoms with Gasteiger partial charge in [0.25, 0.3) is 0 Å². The van der Waals surface area contributed by atoms with Crippen molar-refractivity contribution < 1.29 is 14.2 Å². The zero-order valence-corrected chi connectivity index (χ0v) is 22.0. The predicted octanol–water partition coefficient (Wildman–Crippen LogP) is 7.68. The number of aromatic nitrogens is 2. The van der Waals surface area contributed by atoms with Gasteiger partial charge in [-0.3, -0.25) is 0 Å². The van der Waals surface area contributed by atoms with Crippen molar-refractivity contribution in [2.24, 2.45) is 0 Å². The van der Waals surface area contributed by atoms with Crippen LogP contribution < -0.4 is 14.2 Å². The Morgan fingerprint density at radius 3 is 2.66 bits per heavy atom. The van der Waals surface area contributed by atoms with Crippen molar-refractivity contribution in [3.63, 3.8) is 0 Å². The number of aromatic amines is 1. The number of halogens is 3. The van der Waals surface area contributed by atoms with Gasteiger partial charge < -0.3 is 19.2 Å². The van der Waals surface area contributed by atoms with Crippen LogP contribution in [0.4, 0.5) is 0 Å². The lowest BCUT2D eigenvalue weighted by molar-refractivity contribution is 0.267. The Balaban J connectivity index is 1.65. The summed E-state index contributed by atoms with van der Waals surface area (Å²) in [6.07, 6.45) is 1.74. The molecule has 0 bridgehead atoms. The number of fused-ring (bicyclic) bond motifs is 1. The van der Waals surface area contributed by atoms with Crippen LogP contribution in [0.25, 0.3) is 22.7 Å². The van der Waals surface area contributed by atoms with E-state index in [1.54, 1.807) is 25.3 Å². The lowest BCUT2D eigenvalue weighted by atomic mass is 10.1. The summed E-state index contributed by atoms with van der Waals surface area (Å²) in [5.41, 5.74) is 3.51. The largest absolute Gasteiger partial charge is 0.497 e. The maximum atomic E-state index is 9.82. The molecule has 0 radical (unpaired) electrons. The van der Waals surface area contributed by atoms with Crippen LogP contribution in [0.3, 0.4) is 0 Å². The van der Waals surface area contributed by atoms with Crippen LogP contribution in [0, 0.1) is 11.3 Å². The molecule has 1 aromatic heterocycles. The van der Waals surface area contributed by atoms with Crippen LogP contribution in [-0.2, 0) is 6.61 Å². The van der Waals surface area contributed by atoms with Gasteiger partial charge >= 0.3 is 0 Å². The first-order valence-electron chi connectivity index (χ1n) is 10.6. The number of rotatable bonds is 8. The Labute approximate surface area is 221 Å². The normalized spacial score (nSPS) is 11.4. The standard InChI is InChI=1S/C26H20BrCl2N3O3/c1-3-34-24-11-16(9-19(27)25(24)35-14-15-4-6-20(28)21(29)10-15)8-17(13-30)26-31-22-7-5-18(33-2)12-23(22)32-26/h4-12H,3,14H2,1-2H3,(H,31,32)/b17-8-. The second-order valence-electron chi connectivity index (χ2n) is 7.44. The molecule has 0 aliphatic rings. The predicted molar refractivity (Wildman–Crippen MR) is 142 cm³/mol. The van der Waals surface area contributed by atoms with E-state index in [9.17, 15) is 5.26 Å². The van der Waals surface area contributed by atoms with Crippen LogP contribution in [0.2, 0.25) is 10.0 Å². The molecule has 9 heteroatoms. The van der Waals surface area contributed by atoms with Gasteiger partial charge in [-0.15, -0.1) is 0 Å². The molecule has 1 heterocycles. The van der Waals surface area contributed by atoms with Gasteiger partial charge in [-0.1, -0.05) is 29.3 Å². The summed E-state index contributed by atoms with van der Waals surface area (Å²) in [5.74, 6) is 2.26. The number of methoxy groups -OCH3 is 1. The van der Waals surface area contributed by atoms with Crippen molar-refractivity contribution in [3.8, 4) is 23.3 Å². The number of allylic oxidation sites excluding steroid dienone is 1. The van der Waals surface area contributed by atoms with E-state index >= 15 is 0 Å². The molecule has 0 aliphatic carbocycles. The average Bonchev–Trinajstić information content (AvgIpc) is 3.27. The summed E-state index contributed by atoms with van der Waals surface area (Å²) in [4.78, 5) is 7.73. The van der Waals surface area contributed by atoms with Crippen molar-refractivity contribution in [2.45, 2.75) is 13.5 Å². The van der Waals surface area contributed by atoms with Crippen molar-refractivity contribution in [1.82, 2.24) is 9.97 Å². The topological polar surface area (TPSA) is 80.2 Å². The molecule has 0 atom stereocenters. The fraction of sp³-hybridized carbons (Fsp3) is 0.154. The zero-order chi connectivity index (χ0) is 24.9. The highest BCUT2D eigenvalue weighted by Crippen LogP contribution is 2.38. The molecule has 0 unspecified atom stereocenters. The molecule has 178 valence electrons. The van der Waals surface area contributed by atoms with E-state index in [0.29, 0.717) is 49.8 Å². The Bertz CT molecular complexity index is 1460. The van der Waals surface area contributed by atoms with Gasteiger partial charge in [0.15, 0.2) is 11.5 Å². The van der Waals surface area contributed by atoms with Gasteiger partial charge in [-0.2, -0.15) is 5.26 Å². The van der Waals surface area contributed by atoms with Crippen molar-refractivity contribution >= 4 is 61.8 Å². The highest BCUT2D eigenvalue weighted by Gasteiger charge is 2.15. The Morgan fingerprint density at radius 2 is 1.94 bits per heavy atom. The van der Waals surface area contributed by atoms with E-state index in [2.05, 4.69) is 32.0 Å². The van der Waals surface area contributed by atoms with Gasteiger partial charge in [0.05, 0.1) is 44.8 Å². The highest BCUT2D eigenvalue weighted by atomic mass is 79.9. The zero-order valence-electron chi connectivity index (χ0n) is 18.9. The molecule has 1 N–H and O–H groups in total. The van der Waals surface area contributed by atoms with Crippen LogP contribution in [0.15, 0.2) is 53.0 Å². The summed E-state index contributed by atoms with van der Waals surface area (Å²) in [6.45, 7) is 2.61. The smallest absolute Gasteiger partial charge is 0.175 e. The lowest BCUT2D eigenvalue weighted by Gasteiger charge is -2.15. The average molecular weight is 573 g/mol. The molecule has 4 aromatic rings. The number of nitrogens with zero attached hydrogens (tertiary/aromatic N) is 2. The third kappa shape index (κ3) is 5.73. The van der Waals surface area contributed by atoms with Gasteiger partial charge in [0, 0.05) is 6.07 Å². The first-order chi connectivity index (χ1) is 16.9. The SMILES string of the molecule is CCOc1cc(/C=C(/C#N)c2nc3ccc(OC)cc3[nH]2)cc(Br)c1OCc1ccc(Cl)c(Cl)c1. The van der Waals surface area contributed by atoms with Gasteiger partial charge in [0.2, 0.25) is 0 Å². The fourth-order valence-electron chi connectivity index (χ4n) is 3.42. The van der Waals surface area contributed by atoms with E-state index in [-0.39, 0.29) is 6.61 Å². The summed E-state index contributed by atoms with van der Waals surface area (Å²) >= 11 is 15.7. The fourth-order valence-corrected chi connectivity index (χ4v) is 4.32. The second-order valence-corrected chi connectivity index (χ2v) is 9.11. The van der Waals surface area contributed by atoms with E-state index in [0.717, 1.165) is 22.2 Å². The van der Waals surface area contributed by atoms with Gasteiger partial charge in [-0.25, -0.2) is 4.98 Å². The van der Waals surface area contributed by atoms with Crippen molar-refractivity contribution in [1.29, 1.82) is 5.26 Å². The quantitative estimate of drug-likeness (QED) is 0.219. The molecular weight excluding hydrogens is 553 g/mol. The number of nitrogens with one attached hydrogen (secondary N) is 1. The van der Waals surface area contributed by atoms with Crippen LogP contribution in [-0.4, -0.2) is 23.7 Å². The first-order valence-corrected chi connectivity index (χ1v) is 12.2. The number of nitriles is 1. The van der Waals surface area contributed by atoms with Crippen molar-refractivity contribution in [2.75, 3.05) is 13.7 Å². The number of imidazole rings is 1. The summed E-state index contributed by atoms with van der Waals surface area (Å²) in [5, 5.41) is 10.8. The molecule has 4 rings (SSSR count). The molecule has 0 spiro atoms. The number of hydrogen-bond acceptors (Lipinski definition) is 5. The van der Waals surface area contributed by atoms with E-state index in [1.807, 2.05) is 43.3 Å². The molecule has 0 fully saturated rings. The Kier molecular flexibility index (Phi) is 7.86. The van der Waals surface area contributed by atoms with Crippen molar-refractivity contribution in [3.05, 3.63) is 80.0 Å². The maximum absolute atomic E-state index is 9.82. The number of hydrogen-bond donors (Lipinski definition) is 1. The molecule has 0 aliphatic heterocycles. The molecule has 6 nitrogen and oxygen atoms in total. The van der Waals surface area contributed by atoms with Crippen LogP contribution >= 0.6 is 39.1 Å². The molecular formula is C26H20BrCl2N3O3. The number of ether oxygens (including phenoxy) is 3. The first kappa shape index (κ1) is 24.9. The summed E-state index contributed by atoms with van der Waals surface area (Å²) < 4.78 is 17.8. The lowest BCUT2D eigenvalue weighted by Crippen LogP contribution is -2.01. The molecule has 3 aromatic carbocycles. The summed E-state index contributed by atoms with van der Waals surface area (Å²) in [7, 11) is 1.60. The minimum absolute atomic E-state index is 0.274.